The molecule has 0 radical (unpaired) electrons. The topological polar surface area (TPSA) is 64.6 Å². The third-order valence-corrected chi connectivity index (χ3v) is 10.0. The molecule has 0 bridgehead atoms. The van der Waals surface area contributed by atoms with E-state index in [1.54, 1.807) is 12.1 Å². The van der Waals surface area contributed by atoms with Crippen LogP contribution < -0.4 is 5.32 Å². The number of carbonyl (C=O) groups is 2. The number of rotatable bonds is 7. The molecule has 8 heteroatoms. The Hall–Kier alpha value is -0.703. The Morgan fingerprint density at radius 3 is 2.15 bits per heavy atom. The maximum Gasteiger partial charge on any atom is 0.328 e. The summed E-state index contributed by atoms with van der Waals surface area (Å²) in [6, 6.07) is 4.47. The average molecular weight is 509 g/mol. The molecule has 0 aliphatic rings. The maximum atomic E-state index is 12.5. The lowest BCUT2D eigenvalue weighted by Crippen LogP contribution is -2.45. The van der Waals surface area contributed by atoms with E-state index in [1.165, 1.54) is 7.11 Å². The average Bonchev–Trinajstić information content (AvgIpc) is 2.50. The third-order valence-electron chi connectivity index (χ3n) is 4.59. The highest BCUT2D eigenvalue weighted by molar-refractivity contribution is 9.11. The number of carbonyl (C=O) groups excluding carboxylic acids is 2. The first-order valence-electron chi connectivity index (χ1n) is 8.36. The van der Waals surface area contributed by atoms with Crippen LogP contribution in [0.1, 0.15) is 37.6 Å². The van der Waals surface area contributed by atoms with Crippen molar-refractivity contribution in [2.75, 3.05) is 13.7 Å². The Balaban J connectivity index is 2.79. The van der Waals surface area contributed by atoms with Gasteiger partial charge in [0.15, 0.2) is 8.32 Å². The highest BCUT2D eigenvalue weighted by Gasteiger charge is 2.37. The van der Waals surface area contributed by atoms with E-state index in [-0.39, 0.29) is 10.9 Å². The minimum Gasteiger partial charge on any atom is -0.467 e. The van der Waals surface area contributed by atoms with Gasteiger partial charge in [0, 0.05) is 27.5 Å². The van der Waals surface area contributed by atoms with Crippen LogP contribution in [0.4, 0.5) is 0 Å². The van der Waals surface area contributed by atoms with Gasteiger partial charge in [0.25, 0.3) is 5.91 Å². The van der Waals surface area contributed by atoms with Crippen molar-refractivity contribution in [1.82, 2.24) is 5.32 Å². The fraction of sp³-hybridized carbons (Fsp3) is 0.556. The minimum atomic E-state index is -1.91. The lowest BCUT2D eigenvalue weighted by Gasteiger charge is -2.36. The molecule has 26 heavy (non-hydrogen) atoms. The zero-order valence-electron chi connectivity index (χ0n) is 16.1. The number of halogens is 2. The highest BCUT2D eigenvalue weighted by Crippen LogP contribution is 2.36. The molecule has 1 rings (SSSR count). The monoisotopic (exact) mass is 507 g/mol. The summed E-state index contributed by atoms with van der Waals surface area (Å²) in [4.78, 5) is 24.6. The molecule has 0 spiro atoms. The molecule has 0 aliphatic carbocycles. The molecule has 0 aromatic heterocycles. The second-order valence-corrected chi connectivity index (χ2v) is 14.2. The van der Waals surface area contributed by atoms with Crippen LogP contribution in [-0.4, -0.2) is 40.0 Å². The quantitative estimate of drug-likeness (QED) is 0.420. The largest absolute Gasteiger partial charge is 0.467 e. The number of amides is 1. The van der Waals surface area contributed by atoms with Crippen LogP contribution in [0.25, 0.3) is 0 Å². The van der Waals surface area contributed by atoms with Crippen LogP contribution in [0.15, 0.2) is 27.1 Å². The SMILES string of the molecule is COC(=O)[C@@H](CCO[Si](C)(C)C(C)(C)C)NC(=O)c1cc(Br)cc(Br)c1. The molecule has 1 amide bonds. The van der Waals surface area contributed by atoms with Crippen molar-refractivity contribution < 1.29 is 18.8 Å². The van der Waals surface area contributed by atoms with Crippen molar-refractivity contribution in [3.8, 4) is 0 Å². The Morgan fingerprint density at radius 2 is 1.69 bits per heavy atom. The van der Waals surface area contributed by atoms with E-state index in [9.17, 15) is 9.59 Å². The van der Waals surface area contributed by atoms with Gasteiger partial charge in [-0.3, -0.25) is 4.79 Å². The number of hydrogen-bond acceptors (Lipinski definition) is 4. The number of nitrogens with one attached hydrogen (secondary N) is 1. The molecular weight excluding hydrogens is 482 g/mol. The summed E-state index contributed by atoms with van der Waals surface area (Å²) in [5.41, 5.74) is 0.450. The standard InChI is InChI=1S/C18H27Br2NO4Si/c1-18(2,3)26(5,6)25-8-7-15(17(23)24-4)21-16(22)12-9-13(19)11-14(20)10-12/h9-11,15H,7-8H2,1-6H3,(H,21,22)/t15-/m1/s1. The summed E-state index contributed by atoms with van der Waals surface area (Å²) in [6.07, 6.45) is 0.361. The van der Waals surface area contributed by atoms with Gasteiger partial charge in [0.05, 0.1) is 7.11 Å². The van der Waals surface area contributed by atoms with E-state index in [1.807, 2.05) is 6.07 Å². The highest BCUT2D eigenvalue weighted by atomic mass is 79.9. The van der Waals surface area contributed by atoms with E-state index in [0.29, 0.717) is 18.6 Å². The zero-order chi connectivity index (χ0) is 20.1. The Bertz CT molecular complexity index is 639. The van der Waals surface area contributed by atoms with E-state index >= 15 is 0 Å². The first-order chi connectivity index (χ1) is 11.9. The molecule has 146 valence electrons. The van der Waals surface area contributed by atoms with Gasteiger partial charge in [-0.05, 0) is 36.3 Å². The number of benzene rings is 1. The fourth-order valence-electron chi connectivity index (χ4n) is 1.97. The predicted molar refractivity (Wildman–Crippen MR) is 113 cm³/mol. The molecule has 1 atom stereocenters. The number of esters is 1. The molecule has 1 aromatic carbocycles. The van der Waals surface area contributed by atoms with Crippen LogP contribution in [0, 0.1) is 0 Å². The van der Waals surface area contributed by atoms with Gasteiger partial charge < -0.3 is 14.5 Å². The number of methoxy groups -OCH3 is 1. The normalized spacial score (nSPS) is 13.2. The summed E-state index contributed by atoms with van der Waals surface area (Å²) < 4.78 is 12.5. The van der Waals surface area contributed by atoms with Gasteiger partial charge in [-0.2, -0.15) is 0 Å². The van der Waals surface area contributed by atoms with Crippen LogP contribution in [0.5, 0.6) is 0 Å². The number of ether oxygens (including phenoxy) is 1. The van der Waals surface area contributed by atoms with Gasteiger partial charge in [0.1, 0.15) is 6.04 Å². The Labute approximate surface area is 173 Å². The summed E-state index contributed by atoms with van der Waals surface area (Å²) in [6.45, 7) is 11.2. The Kier molecular flexibility index (Phi) is 8.51. The summed E-state index contributed by atoms with van der Waals surface area (Å²) in [5, 5.41) is 2.83. The molecule has 0 fully saturated rings. The zero-order valence-corrected chi connectivity index (χ0v) is 20.3. The van der Waals surface area contributed by atoms with Gasteiger partial charge >= 0.3 is 5.97 Å². The molecule has 1 N–H and O–H groups in total. The molecule has 0 aliphatic heterocycles. The molecular formula is C18H27Br2NO4Si. The lowest BCUT2D eigenvalue weighted by molar-refractivity contribution is -0.143. The van der Waals surface area contributed by atoms with Crippen molar-refractivity contribution >= 4 is 52.1 Å². The molecule has 0 heterocycles. The summed E-state index contributed by atoms with van der Waals surface area (Å²) in [5.74, 6) is -0.819. The van der Waals surface area contributed by atoms with E-state index in [0.717, 1.165) is 8.95 Å². The van der Waals surface area contributed by atoms with Crippen molar-refractivity contribution in [1.29, 1.82) is 0 Å². The van der Waals surface area contributed by atoms with Crippen LogP contribution in [0.3, 0.4) is 0 Å². The Morgan fingerprint density at radius 1 is 1.15 bits per heavy atom. The van der Waals surface area contributed by atoms with Gasteiger partial charge in [0.2, 0.25) is 0 Å². The first-order valence-corrected chi connectivity index (χ1v) is 12.9. The van der Waals surface area contributed by atoms with Crippen molar-refractivity contribution in [3.05, 3.63) is 32.7 Å². The van der Waals surface area contributed by atoms with Crippen molar-refractivity contribution in [2.24, 2.45) is 0 Å². The lowest BCUT2D eigenvalue weighted by atomic mass is 10.1. The molecule has 0 saturated heterocycles. The van der Waals surface area contributed by atoms with Gasteiger partial charge in [-0.25, -0.2) is 4.79 Å². The summed E-state index contributed by atoms with van der Waals surface area (Å²) in [7, 11) is -0.601. The maximum absolute atomic E-state index is 12.5. The second kappa shape index (κ2) is 9.48. The van der Waals surface area contributed by atoms with Crippen molar-refractivity contribution in [2.45, 2.75) is 51.4 Å². The second-order valence-electron chi connectivity index (χ2n) is 7.60. The predicted octanol–water partition coefficient (Wildman–Crippen LogP) is 4.89. The van der Waals surface area contributed by atoms with E-state index < -0.39 is 20.3 Å². The fourth-order valence-corrected chi connectivity index (χ4v) is 4.32. The van der Waals surface area contributed by atoms with Gasteiger partial charge in [-0.15, -0.1) is 0 Å². The van der Waals surface area contributed by atoms with E-state index in [2.05, 4.69) is 71.0 Å². The smallest absolute Gasteiger partial charge is 0.328 e. The van der Waals surface area contributed by atoms with Crippen molar-refractivity contribution in [3.63, 3.8) is 0 Å². The minimum absolute atomic E-state index is 0.0829. The molecule has 5 nitrogen and oxygen atoms in total. The van der Waals surface area contributed by atoms with Crippen LogP contribution in [0.2, 0.25) is 18.1 Å². The third kappa shape index (κ3) is 6.79. The van der Waals surface area contributed by atoms with Crippen LogP contribution in [-0.2, 0) is 14.0 Å². The number of hydrogen-bond donors (Lipinski definition) is 1. The molecule has 0 saturated carbocycles. The molecule has 0 unspecified atom stereocenters. The molecule has 1 aromatic rings. The first kappa shape index (κ1) is 23.3. The van der Waals surface area contributed by atoms with Crippen LogP contribution >= 0.6 is 31.9 Å². The van der Waals surface area contributed by atoms with Gasteiger partial charge in [-0.1, -0.05) is 52.6 Å². The summed E-state index contributed by atoms with van der Waals surface area (Å²) >= 11 is 6.71. The van der Waals surface area contributed by atoms with E-state index in [4.69, 9.17) is 9.16 Å².